The third-order valence-corrected chi connectivity index (χ3v) is 1.99. The fourth-order valence-corrected chi connectivity index (χ4v) is 1.31. The molecule has 0 fully saturated rings. The van der Waals surface area contributed by atoms with E-state index in [0.29, 0.717) is 6.04 Å². The number of aliphatic hydroxyl groups is 1. The molecule has 0 spiro atoms. The Morgan fingerprint density at radius 2 is 2.06 bits per heavy atom. The second-order valence-electron chi connectivity index (χ2n) is 4.12. The van der Waals surface area contributed by atoms with Crippen LogP contribution in [0.25, 0.3) is 0 Å². The minimum atomic E-state index is -0.625. The summed E-state index contributed by atoms with van der Waals surface area (Å²) in [7, 11) is 5.21. The lowest BCUT2D eigenvalue weighted by Crippen LogP contribution is -2.31. The summed E-state index contributed by atoms with van der Waals surface area (Å²) in [5.41, 5.74) is 1.18. The van der Waals surface area contributed by atoms with Gasteiger partial charge in [0.2, 0.25) is 0 Å². The van der Waals surface area contributed by atoms with Crippen LogP contribution in [0.3, 0.4) is 0 Å². The van der Waals surface area contributed by atoms with Gasteiger partial charge in [0.15, 0.2) is 0 Å². The predicted molar refractivity (Wildman–Crippen MR) is 74.8 cm³/mol. The number of methoxy groups -OCH3 is 1. The molecule has 0 saturated heterocycles. The quantitative estimate of drug-likeness (QED) is 0.698. The van der Waals surface area contributed by atoms with Crippen molar-refractivity contribution in [3.8, 4) is 5.75 Å². The van der Waals surface area contributed by atoms with E-state index in [1.807, 2.05) is 38.1 Å². The molecule has 1 aromatic carbocycles. The Morgan fingerprint density at radius 3 is 2.44 bits per heavy atom. The second kappa shape index (κ2) is 9.88. The van der Waals surface area contributed by atoms with E-state index >= 15 is 0 Å². The van der Waals surface area contributed by atoms with Crippen molar-refractivity contribution in [1.29, 1.82) is 0 Å². The topological polar surface area (TPSA) is 53.5 Å². The maximum Gasteiger partial charge on any atom is 0.119 e. The van der Waals surface area contributed by atoms with Gasteiger partial charge in [0.1, 0.15) is 12.0 Å². The highest BCUT2D eigenvalue weighted by molar-refractivity contribution is 5.28. The van der Waals surface area contributed by atoms with Gasteiger partial charge in [0.05, 0.1) is 7.11 Å². The van der Waals surface area contributed by atoms with E-state index < -0.39 is 6.23 Å². The SMILES string of the molecule is [CH2]C(O)NC(C)C.[CH2]NCc1cccc(OC)c1. The Labute approximate surface area is 110 Å². The molecule has 1 atom stereocenters. The van der Waals surface area contributed by atoms with Gasteiger partial charge in [-0.25, -0.2) is 0 Å². The van der Waals surface area contributed by atoms with Crippen LogP contribution < -0.4 is 15.4 Å². The molecule has 3 N–H and O–H groups in total. The number of hydrogen-bond acceptors (Lipinski definition) is 4. The first-order chi connectivity index (χ1) is 8.49. The van der Waals surface area contributed by atoms with Crippen molar-refractivity contribution in [2.24, 2.45) is 0 Å². The molecule has 4 heteroatoms. The van der Waals surface area contributed by atoms with E-state index in [9.17, 15) is 0 Å². The summed E-state index contributed by atoms with van der Waals surface area (Å²) in [6.45, 7) is 8.00. The number of nitrogens with one attached hydrogen (secondary N) is 2. The minimum Gasteiger partial charge on any atom is -0.497 e. The van der Waals surface area contributed by atoms with Gasteiger partial charge in [0.25, 0.3) is 0 Å². The summed E-state index contributed by atoms with van der Waals surface area (Å²) >= 11 is 0. The molecule has 0 amide bonds. The molecule has 1 unspecified atom stereocenters. The number of rotatable bonds is 5. The zero-order valence-electron chi connectivity index (χ0n) is 11.4. The molecule has 0 aliphatic heterocycles. The molecule has 0 aromatic heterocycles. The van der Waals surface area contributed by atoms with Gasteiger partial charge in [-0.15, -0.1) is 0 Å². The van der Waals surface area contributed by atoms with Crippen molar-refractivity contribution in [2.45, 2.75) is 32.7 Å². The summed E-state index contributed by atoms with van der Waals surface area (Å²) in [6, 6.07) is 8.21. The first kappa shape index (κ1) is 16.9. The molecule has 0 aliphatic carbocycles. The van der Waals surface area contributed by atoms with Crippen LogP contribution in [0.1, 0.15) is 19.4 Å². The summed E-state index contributed by atoms with van der Waals surface area (Å²) < 4.78 is 5.05. The smallest absolute Gasteiger partial charge is 0.119 e. The van der Waals surface area contributed by atoms with E-state index in [2.05, 4.69) is 24.6 Å². The van der Waals surface area contributed by atoms with Gasteiger partial charge in [-0.3, -0.25) is 5.32 Å². The molecular formula is C14H24N2O2. The number of aliphatic hydroxyl groups excluding tert-OH is 1. The molecule has 0 heterocycles. The van der Waals surface area contributed by atoms with E-state index in [1.54, 1.807) is 7.11 Å². The first-order valence-corrected chi connectivity index (χ1v) is 5.89. The van der Waals surface area contributed by atoms with Gasteiger partial charge in [0, 0.05) is 19.6 Å². The Balaban J connectivity index is 0.000000360. The van der Waals surface area contributed by atoms with Crippen LogP contribution in [0.4, 0.5) is 0 Å². The third-order valence-electron chi connectivity index (χ3n) is 1.99. The molecule has 0 bridgehead atoms. The van der Waals surface area contributed by atoms with Crippen molar-refractivity contribution in [3.05, 3.63) is 43.8 Å². The van der Waals surface area contributed by atoms with E-state index in [4.69, 9.17) is 9.84 Å². The van der Waals surface area contributed by atoms with Crippen LogP contribution in [-0.4, -0.2) is 24.5 Å². The average molecular weight is 252 g/mol. The summed E-state index contributed by atoms with van der Waals surface area (Å²) in [5.74, 6) is 0.887. The molecule has 18 heavy (non-hydrogen) atoms. The van der Waals surface area contributed by atoms with Crippen LogP contribution in [0.5, 0.6) is 5.75 Å². The zero-order valence-corrected chi connectivity index (χ0v) is 11.4. The number of benzene rings is 1. The van der Waals surface area contributed by atoms with Crippen LogP contribution in [0, 0.1) is 14.0 Å². The molecule has 0 saturated carbocycles. The normalized spacial score (nSPS) is 11.7. The van der Waals surface area contributed by atoms with Crippen molar-refractivity contribution in [3.63, 3.8) is 0 Å². The molecule has 0 aliphatic rings. The first-order valence-electron chi connectivity index (χ1n) is 5.89. The van der Waals surface area contributed by atoms with Crippen molar-refractivity contribution in [1.82, 2.24) is 10.6 Å². The fraction of sp³-hybridized carbons (Fsp3) is 0.429. The molecule has 4 nitrogen and oxygen atoms in total. The van der Waals surface area contributed by atoms with Gasteiger partial charge in [-0.05, 0) is 38.5 Å². The standard InChI is InChI=1S/C9H12NO.C5H12NO/c1-10-7-8-4-3-5-9(6-8)11-2;1-4(2)6-5(3)7/h3-6,10H,1,7H2,2H3;4-7H,3H2,1-2H3. The number of hydrogen-bond donors (Lipinski definition) is 3. The average Bonchev–Trinajstić information content (AvgIpc) is 2.29. The molecule has 2 radical (unpaired) electrons. The van der Waals surface area contributed by atoms with E-state index in [1.165, 1.54) is 5.56 Å². The van der Waals surface area contributed by atoms with Gasteiger partial charge >= 0.3 is 0 Å². The molecule has 1 rings (SSSR count). The lowest BCUT2D eigenvalue weighted by atomic mass is 10.2. The summed E-state index contributed by atoms with van der Waals surface area (Å²) in [4.78, 5) is 0. The van der Waals surface area contributed by atoms with Gasteiger partial charge in [-0.1, -0.05) is 12.1 Å². The fourth-order valence-electron chi connectivity index (χ4n) is 1.31. The van der Waals surface area contributed by atoms with Crippen molar-refractivity contribution < 1.29 is 9.84 Å². The Bertz CT molecular complexity index is 308. The Hall–Kier alpha value is -1.10. The zero-order chi connectivity index (χ0) is 14.0. The second-order valence-corrected chi connectivity index (χ2v) is 4.12. The third kappa shape index (κ3) is 8.98. The summed E-state index contributed by atoms with van der Waals surface area (Å²) in [5, 5.41) is 14.1. The molecular weight excluding hydrogens is 228 g/mol. The van der Waals surface area contributed by atoms with Crippen LogP contribution >= 0.6 is 0 Å². The molecule has 102 valence electrons. The highest BCUT2D eigenvalue weighted by Crippen LogP contribution is 2.11. The Morgan fingerprint density at radius 1 is 1.39 bits per heavy atom. The lowest BCUT2D eigenvalue weighted by molar-refractivity contribution is 0.171. The number of ether oxygens (including phenoxy) is 1. The highest BCUT2D eigenvalue weighted by atomic mass is 16.5. The van der Waals surface area contributed by atoms with Crippen LogP contribution in [-0.2, 0) is 6.54 Å². The van der Waals surface area contributed by atoms with Crippen molar-refractivity contribution in [2.75, 3.05) is 7.11 Å². The lowest BCUT2D eigenvalue weighted by Gasteiger charge is -2.08. The van der Waals surface area contributed by atoms with Crippen LogP contribution in [0.2, 0.25) is 0 Å². The largest absolute Gasteiger partial charge is 0.497 e. The Kier molecular flexibility index (Phi) is 9.28. The molecule has 1 aromatic rings. The summed E-state index contributed by atoms with van der Waals surface area (Å²) in [6.07, 6.45) is -0.625. The van der Waals surface area contributed by atoms with E-state index in [-0.39, 0.29) is 0 Å². The maximum absolute atomic E-state index is 8.50. The van der Waals surface area contributed by atoms with E-state index in [0.717, 1.165) is 12.3 Å². The van der Waals surface area contributed by atoms with Crippen molar-refractivity contribution >= 4 is 0 Å². The predicted octanol–water partition coefficient (Wildman–Crippen LogP) is 1.71. The highest BCUT2D eigenvalue weighted by Gasteiger charge is 1.94. The maximum atomic E-state index is 8.50. The monoisotopic (exact) mass is 252 g/mol. The van der Waals surface area contributed by atoms with Crippen LogP contribution in [0.15, 0.2) is 24.3 Å². The van der Waals surface area contributed by atoms with Gasteiger partial charge < -0.3 is 15.2 Å². The van der Waals surface area contributed by atoms with Gasteiger partial charge in [-0.2, -0.15) is 0 Å². The minimum absolute atomic E-state index is 0.312.